The molecule has 2 aromatic carbocycles. The lowest BCUT2D eigenvalue weighted by Crippen LogP contribution is -2.03. The Kier molecular flexibility index (Phi) is 3.97. The van der Waals surface area contributed by atoms with E-state index in [1.54, 1.807) is 0 Å². The summed E-state index contributed by atoms with van der Waals surface area (Å²) in [6, 6.07) is 16.0. The van der Waals surface area contributed by atoms with Crippen molar-refractivity contribution < 1.29 is 5.11 Å². The van der Waals surface area contributed by atoms with Crippen LogP contribution in [0.5, 0.6) is 0 Å². The Hall–Kier alpha value is -1.12. The quantitative estimate of drug-likeness (QED) is 0.905. The van der Waals surface area contributed by atoms with E-state index in [0.29, 0.717) is 6.42 Å². The highest BCUT2D eigenvalue weighted by molar-refractivity contribution is 9.10. The molecule has 0 amide bonds. The van der Waals surface area contributed by atoms with Gasteiger partial charge in [0.1, 0.15) is 0 Å². The molecule has 0 aromatic heterocycles. The van der Waals surface area contributed by atoms with Crippen molar-refractivity contribution in [1.29, 1.82) is 0 Å². The highest BCUT2D eigenvalue weighted by Crippen LogP contribution is 2.22. The zero-order chi connectivity index (χ0) is 12.3. The normalized spacial score (nSPS) is 12.4. The van der Waals surface area contributed by atoms with Gasteiger partial charge in [0, 0.05) is 10.9 Å². The van der Waals surface area contributed by atoms with E-state index in [1.165, 1.54) is 11.1 Å². The van der Waals surface area contributed by atoms with Crippen LogP contribution in [0.25, 0.3) is 0 Å². The molecule has 0 bridgehead atoms. The molecule has 2 aromatic rings. The number of rotatable bonds is 3. The van der Waals surface area contributed by atoms with Crippen molar-refractivity contribution in [3.63, 3.8) is 0 Å². The molecule has 2 heteroatoms. The maximum atomic E-state index is 10.2. The van der Waals surface area contributed by atoms with Gasteiger partial charge in [0.05, 0.1) is 6.10 Å². The second-order valence-corrected chi connectivity index (χ2v) is 5.12. The number of aliphatic hydroxyl groups is 1. The van der Waals surface area contributed by atoms with Gasteiger partial charge in [-0.1, -0.05) is 52.3 Å². The van der Waals surface area contributed by atoms with Crippen molar-refractivity contribution >= 4 is 15.9 Å². The molecule has 17 heavy (non-hydrogen) atoms. The molecule has 0 heterocycles. The van der Waals surface area contributed by atoms with Crippen LogP contribution in [0.4, 0.5) is 0 Å². The van der Waals surface area contributed by atoms with Gasteiger partial charge in [-0.3, -0.25) is 0 Å². The van der Waals surface area contributed by atoms with E-state index in [-0.39, 0.29) is 0 Å². The Morgan fingerprint density at radius 2 is 1.88 bits per heavy atom. The van der Waals surface area contributed by atoms with Gasteiger partial charge < -0.3 is 5.11 Å². The van der Waals surface area contributed by atoms with Gasteiger partial charge in [0.25, 0.3) is 0 Å². The molecule has 1 atom stereocenters. The van der Waals surface area contributed by atoms with E-state index in [4.69, 9.17) is 0 Å². The minimum Gasteiger partial charge on any atom is -0.388 e. The van der Waals surface area contributed by atoms with Gasteiger partial charge in [-0.05, 0) is 35.7 Å². The Morgan fingerprint density at radius 1 is 1.12 bits per heavy atom. The predicted octanol–water partition coefficient (Wildman–Crippen LogP) is 4.03. The van der Waals surface area contributed by atoms with E-state index in [0.717, 1.165) is 10.0 Å². The molecule has 0 aliphatic rings. The number of benzene rings is 2. The van der Waals surface area contributed by atoms with Gasteiger partial charge in [0.15, 0.2) is 0 Å². The first-order chi connectivity index (χ1) is 8.16. The molecule has 0 saturated heterocycles. The number of hydrogen-bond donors (Lipinski definition) is 1. The van der Waals surface area contributed by atoms with E-state index in [2.05, 4.69) is 35.0 Å². The highest BCUT2D eigenvalue weighted by Gasteiger charge is 2.09. The zero-order valence-electron chi connectivity index (χ0n) is 9.73. The standard InChI is InChI=1S/C15H15BrO/c1-11-5-2-3-6-12(11)10-15(17)13-7-4-8-14(16)9-13/h2-9,15,17H,10H2,1H3. The fraction of sp³-hybridized carbons (Fsp3) is 0.200. The SMILES string of the molecule is Cc1ccccc1CC(O)c1cccc(Br)c1. The highest BCUT2D eigenvalue weighted by atomic mass is 79.9. The molecule has 2 rings (SSSR count). The molecule has 1 N–H and O–H groups in total. The third kappa shape index (κ3) is 3.18. The average molecular weight is 291 g/mol. The van der Waals surface area contributed by atoms with Crippen molar-refractivity contribution in [2.45, 2.75) is 19.4 Å². The predicted molar refractivity (Wildman–Crippen MR) is 74.0 cm³/mol. The summed E-state index contributed by atoms with van der Waals surface area (Å²) in [5, 5.41) is 10.2. The number of hydrogen-bond acceptors (Lipinski definition) is 1. The third-order valence-electron chi connectivity index (χ3n) is 2.91. The summed E-state index contributed by atoms with van der Waals surface area (Å²) in [5.74, 6) is 0. The molecule has 0 aliphatic heterocycles. The lowest BCUT2D eigenvalue weighted by atomic mass is 9.98. The van der Waals surface area contributed by atoms with Gasteiger partial charge >= 0.3 is 0 Å². The monoisotopic (exact) mass is 290 g/mol. The molecule has 1 unspecified atom stereocenters. The van der Waals surface area contributed by atoms with Crippen LogP contribution in [0.1, 0.15) is 22.8 Å². The molecule has 0 spiro atoms. The van der Waals surface area contributed by atoms with Gasteiger partial charge in [-0.25, -0.2) is 0 Å². The topological polar surface area (TPSA) is 20.2 Å². The summed E-state index contributed by atoms with van der Waals surface area (Å²) in [5.41, 5.74) is 3.36. The average Bonchev–Trinajstić information content (AvgIpc) is 2.32. The minimum absolute atomic E-state index is 0.450. The van der Waals surface area contributed by atoms with Crippen LogP contribution in [-0.4, -0.2) is 5.11 Å². The first-order valence-corrected chi connectivity index (χ1v) is 6.44. The lowest BCUT2D eigenvalue weighted by Gasteiger charge is -2.13. The molecular formula is C15H15BrO. The Labute approximate surface area is 110 Å². The summed E-state index contributed by atoms with van der Waals surface area (Å²) in [4.78, 5) is 0. The van der Waals surface area contributed by atoms with Crippen molar-refractivity contribution in [1.82, 2.24) is 0 Å². The van der Waals surface area contributed by atoms with E-state index in [9.17, 15) is 5.11 Å². The maximum Gasteiger partial charge on any atom is 0.0830 e. The minimum atomic E-state index is -0.450. The summed E-state index contributed by atoms with van der Waals surface area (Å²) in [7, 11) is 0. The smallest absolute Gasteiger partial charge is 0.0830 e. The Morgan fingerprint density at radius 3 is 2.59 bits per heavy atom. The Bertz CT molecular complexity index is 508. The zero-order valence-corrected chi connectivity index (χ0v) is 11.3. The molecule has 0 radical (unpaired) electrons. The van der Waals surface area contributed by atoms with Crippen molar-refractivity contribution in [2.75, 3.05) is 0 Å². The summed E-state index contributed by atoms with van der Waals surface area (Å²) in [6.07, 6.45) is 0.206. The molecule has 0 fully saturated rings. The van der Waals surface area contributed by atoms with Crippen LogP contribution >= 0.6 is 15.9 Å². The number of aliphatic hydroxyl groups excluding tert-OH is 1. The van der Waals surface area contributed by atoms with Crippen LogP contribution in [0, 0.1) is 6.92 Å². The van der Waals surface area contributed by atoms with Crippen LogP contribution < -0.4 is 0 Å². The maximum absolute atomic E-state index is 10.2. The number of aryl methyl sites for hydroxylation is 1. The first kappa shape index (κ1) is 12.3. The molecule has 0 saturated carbocycles. The fourth-order valence-corrected chi connectivity index (χ4v) is 2.30. The Balaban J connectivity index is 2.17. The lowest BCUT2D eigenvalue weighted by molar-refractivity contribution is 0.178. The van der Waals surface area contributed by atoms with Crippen molar-refractivity contribution in [3.8, 4) is 0 Å². The first-order valence-electron chi connectivity index (χ1n) is 5.65. The largest absolute Gasteiger partial charge is 0.388 e. The van der Waals surface area contributed by atoms with Gasteiger partial charge in [-0.15, -0.1) is 0 Å². The van der Waals surface area contributed by atoms with Crippen LogP contribution in [-0.2, 0) is 6.42 Å². The summed E-state index contributed by atoms with van der Waals surface area (Å²) >= 11 is 3.42. The third-order valence-corrected chi connectivity index (χ3v) is 3.40. The van der Waals surface area contributed by atoms with E-state index in [1.807, 2.05) is 36.4 Å². The van der Waals surface area contributed by atoms with Crippen LogP contribution in [0.3, 0.4) is 0 Å². The van der Waals surface area contributed by atoms with E-state index >= 15 is 0 Å². The van der Waals surface area contributed by atoms with Crippen LogP contribution in [0.2, 0.25) is 0 Å². The molecule has 1 nitrogen and oxygen atoms in total. The van der Waals surface area contributed by atoms with Crippen LogP contribution in [0.15, 0.2) is 53.0 Å². The number of halogens is 1. The fourth-order valence-electron chi connectivity index (χ4n) is 1.88. The van der Waals surface area contributed by atoms with Crippen molar-refractivity contribution in [2.24, 2.45) is 0 Å². The molecule has 88 valence electrons. The molecular weight excluding hydrogens is 276 g/mol. The van der Waals surface area contributed by atoms with E-state index < -0.39 is 6.10 Å². The summed E-state index contributed by atoms with van der Waals surface area (Å²) in [6.45, 7) is 2.07. The summed E-state index contributed by atoms with van der Waals surface area (Å²) < 4.78 is 0.999. The second kappa shape index (κ2) is 5.48. The second-order valence-electron chi connectivity index (χ2n) is 4.20. The van der Waals surface area contributed by atoms with Gasteiger partial charge in [0.2, 0.25) is 0 Å². The molecule has 0 aliphatic carbocycles. The van der Waals surface area contributed by atoms with Crippen molar-refractivity contribution in [3.05, 3.63) is 69.7 Å². The van der Waals surface area contributed by atoms with Gasteiger partial charge in [-0.2, -0.15) is 0 Å².